The standard InChI is InChI=1S/C18H32/c1-2-4-6-8-10-12-14-16-18-17-15-13-11-9-7-5-3-1/h1-2,17-18H,3-16H2/b2-1-,18-17-. The fourth-order valence-electron chi connectivity index (χ4n) is 2.58. The highest BCUT2D eigenvalue weighted by Gasteiger charge is 1.91. The molecule has 0 aliphatic heterocycles. The predicted octanol–water partition coefficient (Wildman–Crippen LogP) is 6.57. The van der Waals surface area contributed by atoms with Gasteiger partial charge in [-0.05, 0) is 51.4 Å². The molecule has 0 aromatic heterocycles. The van der Waals surface area contributed by atoms with Crippen molar-refractivity contribution in [2.24, 2.45) is 0 Å². The number of rotatable bonds is 0. The van der Waals surface area contributed by atoms with E-state index in [1.807, 2.05) is 0 Å². The summed E-state index contributed by atoms with van der Waals surface area (Å²) in [6.45, 7) is 0. The summed E-state index contributed by atoms with van der Waals surface area (Å²) in [7, 11) is 0. The van der Waals surface area contributed by atoms with Crippen LogP contribution in [0.25, 0.3) is 0 Å². The second-order valence-electron chi connectivity index (χ2n) is 5.63. The van der Waals surface area contributed by atoms with Crippen molar-refractivity contribution in [2.75, 3.05) is 0 Å². The van der Waals surface area contributed by atoms with E-state index in [4.69, 9.17) is 0 Å². The van der Waals surface area contributed by atoms with Gasteiger partial charge in [0.15, 0.2) is 0 Å². The van der Waals surface area contributed by atoms with Gasteiger partial charge in [0.25, 0.3) is 0 Å². The lowest BCUT2D eigenvalue weighted by molar-refractivity contribution is 0.611. The zero-order valence-corrected chi connectivity index (χ0v) is 12.2. The number of allylic oxidation sites excluding steroid dienone is 4. The molecular weight excluding hydrogens is 216 g/mol. The first kappa shape index (κ1) is 15.5. The zero-order valence-electron chi connectivity index (χ0n) is 12.2. The highest BCUT2D eigenvalue weighted by Crippen LogP contribution is 2.11. The molecular formula is C18H32. The Morgan fingerprint density at radius 3 is 0.778 bits per heavy atom. The molecule has 0 radical (unpaired) electrons. The van der Waals surface area contributed by atoms with Gasteiger partial charge in [0, 0.05) is 0 Å². The van der Waals surface area contributed by atoms with Gasteiger partial charge in [0.2, 0.25) is 0 Å². The van der Waals surface area contributed by atoms with Crippen molar-refractivity contribution in [3.05, 3.63) is 24.3 Å². The van der Waals surface area contributed by atoms with Crippen LogP contribution in [0.5, 0.6) is 0 Å². The van der Waals surface area contributed by atoms with Crippen LogP contribution in [-0.2, 0) is 0 Å². The molecule has 0 saturated carbocycles. The van der Waals surface area contributed by atoms with Crippen molar-refractivity contribution in [3.8, 4) is 0 Å². The maximum atomic E-state index is 2.41. The molecule has 0 aromatic rings. The third kappa shape index (κ3) is 10.6. The average Bonchev–Trinajstić information content (AvgIpc) is 2.39. The Hall–Kier alpha value is -0.520. The molecule has 18 heavy (non-hydrogen) atoms. The van der Waals surface area contributed by atoms with E-state index in [9.17, 15) is 0 Å². The zero-order chi connectivity index (χ0) is 12.7. The molecule has 0 bridgehead atoms. The fraction of sp³-hybridized carbons (Fsp3) is 0.778. The first-order chi connectivity index (χ1) is 9.00. The summed E-state index contributed by atoms with van der Waals surface area (Å²) in [6, 6.07) is 0. The van der Waals surface area contributed by atoms with Gasteiger partial charge in [-0.15, -0.1) is 0 Å². The van der Waals surface area contributed by atoms with E-state index in [0.717, 1.165) is 0 Å². The second-order valence-corrected chi connectivity index (χ2v) is 5.63. The van der Waals surface area contributed by atoms with Crippen molar-refractivity contribution < 1.29 is 0 Å². The Kier molecular flexibility index (Phi) is 11.2. The quantitative estimate of drug-likeness (QED) is 0.425. The van der Waals surface area contributed by atoms with Crippen LogP contribution in [0.15, 0.2) is 24.3 Å². The fourth-order valence-corrected chi connectivity index (χ4v) is 2.58. The SMILES string of the molecule is C1=C\CCCCCCC/C=C\CCCCCCC/1. The van der Waals surface area contributed by atoms with Gasteiger partial charge in [-0.2, -0.15) is 0 Å². The highest BCUT2D eigenvalue weighted by molar-refractivity contribution is 4.82. The second kappa shape index (κ2) is 12.9. The molecule has 0 N–H and O–H groups in total. The molecule has 0 heterocycles. The Bertz CT molecular complexity index is 168. The summed E-state index contributed by atoms with van der Waals surface area (Å²) in [5.74, 6) is 0. The molecule has 0 spiro atoms. The molecule has 0 unspecified atom stereocenters. The molecule has 0 saturated heterocycles. The lowest BCUT2D eigenvalue weighted by atomic mass is 10.1. The van der Waals surface area contributed by atoms with E-state index >= 15 is 0 Å². The summed E-state index contributed by atoms with van der Waals surface area (Å²) >= 11 is 0. The van der Waals surface area contributed by atoms with Crippen molar-refractivity contribution >= 4 is 0 Å². The van der Waals surface area contributed by atoms with E-state index in [0.29, 0.717) is 0 Å². The molecule has 0 heteroatoms. The van der Waals surface area contributed by atoms with Crippen LogP contribution in [0, 0.1) is 0 Å². The van der Waals surface area contributed by atoms with Crippen LogP contribution in [0.2, 0.25) is 0 Å². The maximum absolute atomic E-state index is 2.41. The van der Waals surface area contributed by atoms with Gasteiger partial charge in [0.1, 0.15) is 0 Å². The normalized spacial score (nSPS) is 25.8. The predicted molar refractivity (Wildman–Crippen MR) is 82.9 cm³/mol. The molecule has 0 aromatic carbocycles. The molecule has 0 nitrogen and oxygen atoms in total. The summed E-state index contributed by atoms with van der Waals surface area (Å²) in [4.78, 5) is 0. The molecule has 104 valence electrons. The van der Waals surface area contributed by atoms with Crippen LogP contribution >= 0.6 is 0 Å². The van der Waals surface area contributed by atoms with Crippen molar-refractivity contribution in [3.63, 3.8) is 0 Å². The smallest absolute Gasteiger partial charge is 0.0351 e. The van der Waals surface area contributed by atoms with E-state index in [-0.39, 0.29) is 0 Å². The van der Waals surface area contributed by atoms with E-state index in [1.165, 1.54) is 89.9 Å². The van der Waals surface area contributed by atoms with Gasteiger partial charge in [-0.3, -0.25) is 0 Å². The van der Waals surface area contributed by atoms with Crippen molar-refractivity contribution in [1.29, 1.82) is 0 Å². The van der Waals surface area contributed by atoms with Gasteiger partial charge in [-0.1, -0.05) is 62.8 Å². The largest absolute Gasteiger partial charge is 0.0885 e. The summed E-state index contributed by atoms with van der Waals surface area (Å²) in [6.07, 6.45) is 29.0. The molecule has 0 fully saturated rings. The van der Waals surface area contributed by atoms with Crippen LogP contribution < -0.4 is 0 Å². The third-order valence-corrected chi connectivity index (χ3v) is 3.82. The van der Waals surface area contributed by atoms with Gasteiger partial charge in [-0.25, -0.2) is 0 Å². The lowest BCUT2D eigenvalue weighted by Crippen LogP contribution is -1.80. The minimum absolute atomic E-state index is 1.31. The van der Waals surface area contributed by atoms with Crippen LogP contribution in [0.4, 0.5) is 0 Å². The third-order valence-electron chi connectivity index (χ3n) is 3.82. The first-order valence-electron chi connectivity index (χ1n) is 8.30. The van der Waals surface area contributed by atoms with Crippen LogP contribution in [-0.4, -0.2) is 0 Å². The van der Waals surface area contributed by atoms with Crippen molar-refractivity contribution in [2.45, 2.75) is 89.9 Å². The summed E-state index contributed by atoms with van der Waals surface area (Å²) in [5.41, 5.74) is 0. The Balaban J connectivity index is 2.12. The van der Waals surface area contributed by atoms with Crippen molar-refractivity contribution in [1.82, 2.24) is 0 Å². The number of hydrogen-bond acceptors (Lipinski definition) is 0. The summed E-state index contributed by atoms with van der Waals surface area (Å²) < 4.78 is 0. The van der Waals surface area contributed by atoms with Crippen LogP contribution in [0.1, 0.15) is 89.9 Å². The highest BCUT2D eigenvalue weighted by atomic mass is 14.0. The minimum Gasteiger partial charge on any atom is -0.0885 e. The first-order valence-corrected chi connectivity index (χ1v) is 8.30. The molecule has 1 aliphatic carbocycles. The Morgan fingerprint density at radius 1 is 0.278 bits per heavy atom. The van der Waals surface area contributed by atoms with E-state index < -0.39 is 0 Å². The average molecular weight is 248 g/mol. The Labute approximate surface area is 115 Å². The topological polar surface area (TPSA) is 0 Å². The minimum atomic E-state index is 1.31. The molecule has 1 rings (SSSR count). The summed E-state index contributed by atoms with van der Waals surface area (Å²) in [5, 5.41) is 0. The van der Waals surface area contributed by atoms with Gasteiger partial charge >= 0.3 is 0 Å². The molecule has 1 aliphatic rings. The molecule has 0 atom stereocenters. The Morgan fingerprint density at radius 2 is 0.500 bits per heavy atom. The monoisotopic (exact) mass is 248 g/mol. The van der Waals surface area contributed by atoms with E-state index in [2.05, 4.69) is 24.3 Å². The maximum Gasteiger partial charge on any atom is -0.0351 e. The molecule has 0 amide bonds. The van der Waals surface area contributed by atoms with Gasteiger partial charge < -0.3 is 0 Å². The lowest BCUT2D eigenvalue weighted by Gasteiger charge is -2.00. The number of hydrogen-bond donors (Lipinski definition) is 0. The van der Waals surface area contributed by atoms with Gasteiger partial charge in [0.05, 0.1) is 0 Å². The van der Waals surface area contributed by atoms with E-state index in [1.54, 1.807) is 0 Å². The van der Waals surface area contributed by atoms with Crippen LogP contribution in [0.3, 0.4) is 0 Å².